The standard InChI is InChI=1S/C21H27NO4S/c1-14-11-15(2)17(4)21(16(14)3)27(23,24)22-18-7-5-8-19(12-18)26-13-20-9-6-10-25-20/h5,7-8,11-12,20,22H,6,9-10,13H2,1-4H3/t20-/m1/s1. The van der Waals surface area contributed by atoms with Crippen molar-refractivity contribution in [1.29, 1.82) is 0 Å². The summed E-state index contributed by atoms with van der Waals surface area (Å²) in [5.41, 5.74) is 3.96. The molecule has 0 spiro atoms. The molecule has 3 rings (SSSR count). The predicted molar refractivity (Wildman–Crippen MR) is 107 cm³/mol. The molecule has 5 nitrogen and oxygen atoms in total. The maximum absolute atomic E-state index is 13.1. The molecule has 1 saturated heterocycles. The molecule has 0 radical (unpaired) electrons. The third-order valence-corrected chi connectivity index (χ3v) is 6.77. The van der Waals surface area contributed by atoms with E-state index in [-0.39, 0.29) is 6.10 Å². The molecular weight excluding hydrogens is 362 g/mol. The van der Waals surface area contributed by atoms with Crippen LogP contribution in [0.5, 0.6) is 5.75 Å². The van der Waals surface area contributed by atoms with Gasteiger partial charge in [-0.25, -0.2) is 8.42 Å². The van der Waals surface area contributed by atoms with Crippen LogP contribution in [0.15, 0.2) is 35.2 Å². The van der Waals surface area contributed by atoms with Crippen LogP contribution in [0, 0.1) is 27.7 Å². The fourth-order valence-corrected chi connectivity index (χ4v) is 5.07. The van der Waals surface area contributed by atoms with Crippen LogP contribution in [-0.4, -0.2) is 27.7 Å². The summed E-state index contributed by atoms with van der Waals surface area (Å²) >= 11 is 0. The molecule has 0 amide bonds. The highest BCUT2D eigenvalue weighted by atomic mass is 32.2. The number of benzene rings is 2. The summed E-state index contributed by atoms with van der Waals surface area (Å²) in [6.07, 6.45) is 2.17. The normalized spacial score (nSPS) is 17.1. The number of aryl methyl sites for hydroxylation is 2. The molecule has 1 aliphatic heterocycles. The molecule has 1 fully saturated rings. The molecular formula is C21H27NO4S. The van der Waals surface area contributed by atoms with Gasteiger partial charge in [-0.3, -0.25) is 4.72 Å². The van der Waals surface area contributed by atoms with Crippen LogP contribution in [0.1, 0.15) is 35.1 Å². The van der Waals surface area contributed by atoms with E-state index in [0.29, 0.717) is 22.9 Å². The van der Waals surface area contributed by atoms with Crippen LogP contribution >= 0.6 is 0 Å². The van der Waals surface area contributed by atoms with E-state index in [1.165, 1.54) is 0 Å². The first-order valence-corrected chi connectivity index (χ1v) is 10.7. The average Bonchev–Trinajstić information content (AvgIpc) is 3.12. The van der Waals surface area contributed by atoms with Crippen LogP contribution in [0.3, 0.4) is 0 Å². The van der Waals surface area contributed by atoms with Gasteiger partial charge in [0.25, 0.3) is 10.0 Å². The molecule has 1 atom stereocenters. The van der Waals surface area contributed by atoms with Gasteiger partial charge in [0.2, 0.25) is 0 Å². The van der Waals surface area contributed by atoms with E-state index in [4.69, 9.17) is 9.47 Å². The average molecular weight is 390 g/mol. The number of nitrogens with one attached hydrogen (secondary N) is 1. The van der Waals surface area contributed by atoms with Gasteiger partial charge in [-0.1, -0.05) is 12.1 Å². The van der Waals surface area contributed by atoms with Crippen molar-refractivity contribution in [2.24, 2.45) is 0 Å². The maximum atomic E-state index is 13.1. The second-order valence-electron chi connectivity index (χ2n) is 7.17. The zero-order chi connectivity index (χ0) is 19.6. The van der Waals surface area contributed by atoms with Crippen LogP contribution in [0.2, 0.25) is 0 Å². The van der Waals surface area contributed by atoms with E-state index in [9.17, 15) is 8.42 Å². The Balaban J connectivity index is 1.81. The lowest BCUT2D eigenvalue weighted by Crippen LogP contribution is -2.18. The SMILES string of the molecule is Cc1cc(C)c(C)c(S(=O)(=O)Nc2cccc(OC[C@H]3CCCO3)c2)c1C. The molecule has 0 bridgehead atoms. The third-order valence-electron chi connectivity index (χ3n) is 5.11. The van der Waals surface area contributed by atoms with Gasteiger partial charge in [-0.2, -0.15) is 0 Å². The largest absolute Gasteiger partial charge is 0.491 e. The van der Waals surface area contributed by atoms with Crippen molar-refractivity contribution in [2.45, 2.75) is 51.5 Å². The van der Waals surface area contributed by atoms with Crippen molar-refractivity contribution < 1.29 is 17.9 Å². The zero-order valence-corrected chi connectivity index (χ0v) is 17.2. The second kappa shape index (κ2) is 7.90. The zero-order valence-electron chi connectivity index (χ0n) is 16.3. The summed E-state index contributed by atoms with van der Waals surface area (Å²) < 4.78 is 40.1. The lowest BCUT2D eigenvalue weighted by atomic mass is 10.0. The number of hydrogen-bond donors (Lipinski definition) is 1. The minimum Gasteiger partial charge on any atom is -0.491 e. The molecule has 146 valence electrons. The van der Waals surface area contributed by atoms with Crippen molar-refractivity contribution >= 4 is 15.7 Å². The van der Waals surface area contributed by atoms with E-state index in [2.05, 4.69) is 4.72 Å². The quantitative estimate of drug-likeness (QED) is 0.801. The lowest BCUT2D eigenvalue weighted by molar-refractivity contribution is 0.0680. The first kappa shape index (κ1) is 19.7. The molecule has 1 N–H and O–H groups in total. The smallest absolute Gasteiger partial charge is 0.262 e. The molecule has 2 aromatic carbocycles. The van der Waals surface area contributed by atoms with E-state index < -0.39 is 10.0 Å². The van der Waals surface area contributed by atoms with Crippen molar-refractivity contribution in [3.8, 4) is 5.75 Å². The molecule has 2 aromatic rings. The number of hydrogen-bond acceptors (Lipinski definition) is 4. The van der Waals surface area contributed by atoms with Gasteiger partial charge >= 0.3 is 0 Å². The van der Waals surface area contributed by atoms with Crippen molar-refractivity contribution in [1.82, 2.24) is 0 Å². The highest BCUT2D eigenvalue weighted by molar-refractivity contribution is 7.92. The van der Waals surface area contributed by atoms with E-state index in [1.54, 1.807) is 18.2 Å². The highest BCUT2D eigenvalue weighted by Crippen LogP contribution is 2.29. The summed E-state index contributed by atoms with van der Waals surface area (Å²) in [5, 5.41) is 0. The Morgan fingerprint density at radius 2 is 1.81 bits per heavy atom. The minimum atomic E-state index is -3.70. The molecule has 1 heterocycles. The van der Waals surface area contributed by atoms with Crippen LogP contribution < -0.4 is 9.46 Å². The number of anilines is 1. The van der Waals surface area contributed by atoms with Gasteiger partial charge in [0.1, 0.15) is 12.4 Å². The first-order valence-electron chi connectivity index (χ1n) is 9.22. The Kier molecular flexibility index (Phi) is 5.77. The second-order valence-corrected chi connectivity index (χ2v) is 8.79. The predicted octanol–water partition coefficient (Wildman–Crippen LogP) is 4.28. The molecule has 27 heavy (non-hydrogen) atoms. The monoisotopic (exact) mass is 389 g/mol. The molecule has 0 unspecified atom stereocenters. The first-order chi connectivity index (χ1) is 12.8. The Morgan fingerprint density at radius 3 is 2.44 bits per heavy atom. The van der Waals surface area contributed by atoms with E-state index in [0.717, 1.165) is 41.7 Å². The minimum absolute atomic E-state index is 0.117. The summed E-state index contributed by atoms with van der Waals surface area (Å²) in [4.78, 5) is 0.352. The van der Waals surface area contributed by atoms with Crippen molar-refractivity contribution in [3.05, 3.63) is 52.6 Å². The van der Waals surface area contributed by atoms with Gasteiger partial charge in [0.05, 0.1) is 16.7 Å². The van der Waals surface area contributed by atoms with Crippen LogP contribution in [0.4, 0.5) is 5.69 Å². The number of rotatable bonds is 6. The third kappa shape index (κ3) is 4.45. The fourth-order valence-electron chi connectivity index (χ4n) is 3.40. The summed E-state index contributed by atoms with van der Waals surface area (Å²) in [6.45, 7) is 8.81. The number of sulfonamides is 1. The Bertz CT molecular complexity index is 905. The van der Waals surface area contributed by atoms with Crippen molar-refractivity contribution in [2.75, 3.05) is 17.9 Å². The van der Waals surface area contributed by atoms with Gasteiger partial charge in [0, 0.05) is 12.7 Å². The molecule has 0 aromatic heterocycles. The lowest BCUT2D eigenvalue weighted by Gasteiger charge is -2.17. The Labute approximate surface area is 161 Å². The van der Waals surface area contributed by atoms with Gasteiger partial charge in [-0.15, -0.1) is 0 Å². The Hall–Kier alpha value is -2.05. The fraction of sp³-hybridized carbons (Fsp3) is 0.429. The van der Waals surface area contributed by atoms with Gasteiger partial charge in [-0.05, 0) is 74.9 Å². The maximum Gasteiger partial charge on any atom is 0.262 e. The summed E-state index contributed by atoms with van der Waals surface area (Å²) in [7, 11) is -3.70. The topological polar surface area (TPSA) is 64.6 Å². The van der Waals surface area contributed by atoms with E-state index >= 15 is 0 Å². The van der Waals surface area contributed by atoms with Gasteiger partial charge in [0.15, 0.2) is 0 Å². The van der Waals surface area contributed by atoms with E-state index in [1.807, 2.05) is 39.8 Å². The molecule has 1 aliphatic rings. The molecule has 0 saturated carbocycles. The van der Waals surface area contributed by atoms with Gasteiger partial charge < -0.3 is 9.47 Å². The summed E-state index contributed by atoms with van der Waals surface area (Å²) in [5.74, 6) is 0.625. The Morgan fingerprint density at radius 1 is 1.11 bits per heavy atom. The molecule has 6 heteroatoms. The highest BCUT2D eigenvalue weighted by Gasteiger charge is 2.22. The number of ether oxygens (including phenoxy) is 2. The summed E-state index contributed by atoms with van der Waals surface area (Å²) in [6, 6.07) is 9.05. The van der Waals surface area contributed by atoms with Crippen molar-refractivity contribution in [3.63, 3.8) is 0 Å². The van der Waals surface area contributed by atoms with Crippen LogP contribution in [0.25, 0.3) is 0 Å². The molecule has 0 aliphatic carbocycles. The van der Waals surface area contributed by atoms with Crippen LogP contribution in [-0.2, 0) is 14.8 Å².